The van der Waals surface area contributed by atoms with E-state index in [4.69, 9.17) is 9.47 Å². The Balaban J connectivity index is 1.81. The van der Waals surface area contributed by atoms with E-state index in [9.17, 15) is 17.2 Å². The number of anilines is 1. The van der Waals surface area contributed by atoms with E-state index in [1.54, 1.807) is 13.0 Å². The van der Waals surface area contributed by atoms with Crippen LogP contribution in [0.2, 0.25) is 25.7 Å². The van der Waals surface area contributed by atoms with E-state index >= 15 is 0 Å². The lowest BCUT2D eigenvalue weighted by molar-refractivity contribution is 0.0591. The lowest BCUT2D eigenvalue weighted by Gasteiger charge is -2.38. The number of rotatable bonds is 12. The van der Waals surface area contributed by atoms with Gasteiger partial charge in [-0.05, 0) is 64.8 Å². The Labute approximate surface area is 238 Å². The molecule has 12 heteroatoms. The zero-order chi connectivity index (χ0) is 29.5. The van der Waals surface area contributed by atoms with Crippen LogP contribution in [0.25, 0.3) is 10.8 Å². The van der Waals surface area contributed by atoms with Gasteiger partial charge in [-0.25, -0.2) is 22.2 Å². The van der Waals surface area contributed by atoms with Crippen molar-refractivity contribution in [1.29, 1.82) is 0 Å². The van der Waals surface area contributed by atoms with E-state index in [1.165, 1.54) is 10.4 Å². The fourth-order valence-corrected chi connectivity index (χ4v) is 7.70. The van der Waals surface area contributed by atoms with Gasteiger partial charge in [-0.1, -0.05) is 19.6 Å². The zero-order valence-electron chi connectivity index (χ0n) is 24.8. The van der Waals surface area contributed by atoms with E-state index in [2.05, 4.69) is 48.7 Å². The number of hydrogen-bond acceptors (Lipinski definition) is 7. The van der Waals surface area contributed by atoms with E-state index in [0.29, 0.717) is 30.8 Å². The molecule has 0 amide bonds. The largest absolute Gasteiger partial charge is 0.471 e. The lowest BCUT2D eigenvalue weighted by Crippen LogP contribution is -2.54. The number of nitrogens with zero attached hydrogens (tertiary/aromatic N) is 3. The fourth-order valence-electron chi connectivity index (χ4n) is 5.19. The van der Waals surface area contributed by atoms with Crippen LogP contribution in [0.5, 0.6) is 5.88 Å². The second-order valence-corrected chi connectivity index (χ2v) is 20.4. The SMILES string of the molecule is Cc1cc2c(N3C[C@H](C)N[C@@H](C)C3)cc(S(=O)(=O)N(COCC[Si](C)(C)C)C3(C)CC3)cc2c(OCC(F)F)n1. The molecule has 1 saturated heterocycles. The number of pyridine rings is 1. The number of piperazine rings is 1. The van der Waals surface area contributed by atoms with Crippen LogP contribution < -0.4 is 15.0 Å². The molecular formula is C28H44F2N4O4SSi. The third-order valence-electron chi connectivity index (χ3n) is 7.61. The van der Waals surface area contributed by atoms with Crippen LogP contribution in [-0.2, 0) is 14.8 Å². The van der Waals surface area contributed by atoms with Gasteiger partial charge in [0.1, 0.15) is 6.73 Å². The van der Waals surface area contributed by atoms with Crippen LogP contribution in [0.15, 0.2) is 23.1 Å². The van der Waals surface area contributed by atoms with Crippen LogP contribution in [0.1, 0.15) is 39.3 Å². The van der Waals surface area contributed by atoms with Crippen LogP contribution >= 0.6 is 0 Å². The number of hydrogen-bond donors (Lipinski definition) is 1. The Morgan fingerprint density at radius 3 is 2.38 bits per heavy atom. The Morgan fingerprint density at radius 2 is 1.80 bits per heavy atom. The predicted octanol–water partition coefficient (Wildman–Crippen LogP) is 5.23. The van der Waals surface area contributed by atoms with Gasteiger partial charge in [0, 0.05) is 67.5 Å². The average Bonchev–Trinajstić information content (AvgIpc) is 3.57. The van der Waals surface area contributed by atoms with Crippen molar-refractivity contribution in [2.45, 2.75) is 95.2 Å². The minimum Gasteiger partial charge on any atom is -0.471 e. The number of aryl methyl sites for hydroxylation is 1. The highest BCUT2D eigenvalue weighted by Gasteiger charge is 2.49. The molecule has 4 rings (SSSR count). The van der Waals surface area contributed by atoms with E-state index in [1.807, 2.05) is 13.0 Å². The first-order valence-electron chi connectivity index (χ1n) is 14.1. The number of aromatic nitrogens is 1. The monoisotopic (exact) mass is 598 g/mol. The molecule has 8 nitrogen and oxygen atoms in total. The summed E-state index contributed by atoms with van der Waals surface area (Å²) in [7, 11) is -5.35. The topological polar surface area (TPSA) is 84.0 Å². The molecule has 2 atom stereocenters. The number of nitrogens with one attached hydrogen (secondary N) is 1. The van der Waals surface area contributed by atoms with Crippen molar-refractivity contribution in [2.75, 3.05) is 37.9 Å². The highest BCUT2D eigenvalue weighted by atomic mass is 32.2. The zero-order valence-corrected chi connectivity index (χ0v) is 26.6. The summed E-state index contributed by atoms with van der Waals surface area (Å²) in [4.78, 5) is 6.64. The van der Waals surface area contributed by atoms with E-state index < -0.39 is 36.7 Å². The molecule has 0 unspecified atom stereocenters. The van der Waals surface area contributed by atoms with Gasteiger partial charge in [0.2, 0.25) is 15.9 Å². The van der Waals surface area contributed by atoms with Gasteiger partial charge in [-0.15, -0.1) is 0 Å². The van der Waals surface area contributed by atoms with E-state index in [0.717, 1.165) is 30.0 Å². The maximum Gasteiger partial charge on any atom is 0.272 e. The van der Waals surface area contributed by atoms with Crippen molar-refractivity contribution in [3.05, 3.63) is 23.9 Å². The quantitative estimate of drug-likeness (QED) is 0.204. The summed E-state index contributed by atoms with van der Waals surface area (Å²) in [6.45, 7) is 15.6. The van der Waals surface area contributed by atoms with Crippen molar-refractivity contribution in [3.8, 4) is 5.88 Å². The Bertz CT molecular complexity index is 1310. The summed E-state index contributed by atoms with van der Waals surface area (Å²) in [5.41, 5.74) is 0.808. The molecule has 2 aliphatic rings. The fraction of sp³-hybridized carbons (Fsp3) is 0.679. The smallest absolute Gasteiger partial charge is 0.272 e. The molecular weight excluding hydrogens is 554 g/mol. The van der Waals surface area contributed by atoms with Gasteiger partial charge >= 0.3 is 0 Å². The molecule has 1 saturated carbocycles. The molecule has 2 aromatic rings. The van der Waals surface area contributed by atoms with Crippen molar-refractivity contribution in [1.82, 2.24) is 14.6 Å². The first kappa shape index (κ1) is 31.1. The maximum atomic E-state index is 14.3. The molecule has 1 aliphatic heterocycles. The highest BCUT2D eigenvalue weighted by molar-refractivity contribution is 7.89. The average molecular weight is 599 g/mol. The van der Waals surface area contributed by atoms with E-state index in [-0.39, 0.29) is 29.6 Å². The van der Waals surface area contributed by atoms with Gasteiger partial charge in [0.05, 0.1) is 4.90 Å². The second-order valence-electron chi connectivity index (χ2n) is 12.9. The van der Waals surface area contributed by atoms with Gasteiger partial charge < -0.3 is 19.7 Å². The Kier molecular flexibility index (Phi) is 9.16. The second kappa shape index (κ2) is 11.8. The van der Waals surface area contributed by atoms with Gasteiger partial charge in [-0.3, -0.25) is 0 Å². The predicted molar refractivity (Wildman–Crippen MR) is 158 cm³/mol. The number of halogens is 2. The van der Waals surface area contributed by atoms with Gasteiger partial charge in [0.15, 0.2) is 6.61 Å². The number of benzene rings is 1. The van der Waals surface area contributed by atoms with Crippen LogP contribution in [-0.4, -0.2) is 82.9 Å². The molecule has 0 radical (unpaired) electrons. The summed E-state index contributed by atoms with van der Waals surface area (Å²) in [5, 5.41) is 4.64. The lowest BCUT2D eigenvalue weighted by atomic mass is 10.1. The molecule has 2 heterocycles. The number of alkyl halides is 2. The number of sulfonamides is 1. The molecule has 0 spiro atoms. The summed E-state index contributed by atoms with van der Waals surface area (Å²) < 4.78 is 67.7. The number of ether oxygens (including phenoxy) is 2. The Morgan fingerprint density at radius 1 is 1.15 bits per heavy atom. The summed E-state index contributed by atoms with van der Waals surface area (Å²) >= 11 is 0. The van der Waals surface area contributed by atoms with Crippen molar-refractivity contribution in [2.24, 2.45) is 0 Å². The molecule has 0 bridgehead atoms. The van der Waals surface area contributed by atoms with Crippen LogP contribution in [0.3, 0.4) is 0 Å². The minimum absolute atomic E-state index is 0.0143. The molecule has 1 aliphatic carbocycles. The first-order valence-corrected chi connectivity index (χ1v) is 19.2. The van der Waals surface area contributed by atoms with Crippen molar-refractivity contribution < 1.29 is 26.7 Å². The molecule has 224 valence electrons. The highest BCUT2D eigenvalue weighted by Crippen LogP contribution is 2.45. The molecule has 1 aromatic carbocycles. The molecule has 1 aromatic heterocycles. The maximum absolute atomic E-state index is 14.3. The van der Waals surface area contributed by atoms with Crippen LogP contribution in [0, 0.1) is 6.92 Å². The van der Waals surface area contributed by atoms with Crippen LogP contribution in [0.4, 0.5) is 14.5 Å². The molecule has 2 fully saturated rings. The summed E-state index contributed by atoms with van der Waals surface area (Å²) in [6, 6.07) is 6.41. The number of fused-ring (bicyclic) bond motifs is 1. The first-order chi connectivity index (χ1) is 18.6. The van der Waals surface area contributed by atoms with Crippen molar-refractivity contribution >= 4 is 34.6 Å². The third kappa shape index (κ3) is 7.31. The Hall–Kier alpha value is -1.86. The normalized spacial score (nSPS) is 21.4. The van der Waals surface area contributed by atoms with Gasteiger partial charge in [0.25, 0.3) is 6.43 Å². The molecule has 1 N–H and O–H groups in total. The standard InChI is InChI=1S/C28H44F2N4O4SSi/c1-19-12-23-24(27(32-19)38-17-26(29)30)13-22(14-25(23)33-15-20(2)31-21(3)16-33)39(35,36)34(28(4)8-9-28)18-37-10-11-40(5,6)7/h12-14,20-21,26,31H,8-11,15-18H2,1-7H3/t20-,21-/m0/s1. The minimum atomic E-state index is -4.00. The molecule has 40 heavy (non-hydrogen) atoms. The van der Waals surface area contributed by atoms with Gasteiger partial charge in [-0.2, -0.15) is 4.31 Å². The third-order valence-corrected chi connectivity index (χ3v) is 11.3. The van der Waals surface area contributed by atoms with Crippen molar-refractivity contribution in [3.63, 3.8) is 0 Å². The summed E-state index contributed by atoms with van der Waals surface area (Å²) in [6.07, 6.45) is -1.18. The summed E-state index contributed by atoms with van der Waals surface area (Å²) in [5.74, 6) is 0.0143.